The summed E-state index contributed by atoms with van der Waals surface area (Å²) in [5, 5.41) is 11.4. The third-order valence-corrected chi connectivity index (χ3v) is 3.94. The second-order valence-corrected chi connectivity index (χ2v) is 7.36. The van der Waals surface area contributed by atoms with E-state index in [4.69, 9.17) is 0 Å². The van der Waals surface area contributed by atoms with Crippen molar-refractivity contribution in [3.8, 4) is 0 Å². The highest BCUT2D eigenvalue weighted by atomic mass is 79.9. The lowest BCUT2D eigenvalue weighted by Gasteiger charge is -2.17. The van der Waals surface area contributed by atoms with Gasteiger partial charge < -0.3 is 0 Å². The zero-order valence-corrected chi connectivity index (χ0v) is 14.2. The van der Waals surface area contributed by atoms with Crippen molar-refractivity contribution in [3.63, 3.8) is 0 Å². The normalized spacial score (nSPS) is 11.4. The summed E-state index contributed by atoms with van der Waals surface area (Å²) in [6, 6.07) is 8.25. The van der Waals surface area contributed by atoms with Crippen molar-refractivity contribution in [1.82, 2.24) is 9.97 Å². The van der Waals surface area contributed by atoms with Gasteiger partial charge in [-0.25, -0.2) is 9.97 Å². The summed E-state index contributed by atoms with van der Waals surface area (Å²) in [6.45, 7) is 6.15. The van der Waals surface area contributed by atoms with Crippen LogP contribution in [0.25, 0.3) is 0 Å². The molecule has 0 aliphatic heterocycles. The highest BCUT2D eigenvalue weighted by Gasteiger charge is 2.19. The fraction of sp³-hybridized carbons (Fsp3) is 0.286. The van der Waals surface area contributed by atoms with Crippen LogP contribution in [0, 0.1) is 10.1 Å². The van der Waals surface area contributed by atoms with Gasteiger partial charge in [0.25, 0.3) is 5.69 Å². The fourth-order valence-electron chi connectivity index (χ4n) is 1.54. The molecule has 0 saturated carbocycles. The minimum absolute atomic E-state index is 0.0820. The Labute approximate surface area is 135 Å². The lowest BCUT2D eigenvalue weighted by atomic mass is 9.96. The van der Waals surface area contributed by atoms with E-state index >= 15 is 0 Å². The van der Waals surface area contributed by atoms with E-state index in [2.05, 4.69) is 46.7 Å². The molecule has 0 radical (unpaired) electrons. The third kappa shape index (κ3) is 4.25. The lowest BCUT2D eigenvalue weighted by molar-refractivity contribution is -0.384. The molecule has 1 heterocycles. The molecule has 1 aromatic heterocycles. The maximum Gasteiger partial charge on any atom is 0.269 e. The maximum atomic E-state index is 10.6. The van der Waals surface area contributed by atoms with Gasteiger partial charge >= 0.3 is 0 Å². The molecule has 110 valence electrons. The van der Waals surface area contributed by atoms with Crippen LogP contribution >= 0.6 is 27.7 Å². The summed E-state index contributed by atoms with van der Waals surface area (Å²) >= 11 is 4.84. The predicted molar refractivity (Wildman–Crippen MR) is 85.7 cm³/mol. The van der Waals surface area contributed by atoms with E-state index in [0.29, 0.717) is 0 Å². The van der Waals surface area contributed by atoms with Crippen LogP contribution in [0.5, 0.6) is 0 Å². The summed E-state index contributed by atoms with van der Waals surface area (Å²) in [5.74, 6) is 0.751. The first kappa shape index (κ1) is 15.9. The molecule has 0 aliphatic rings. The van der Waals surface area contributed by atoms with Gasteiger partial charge in [-0.05, 0) is 28.1 Å². The molecule has 2 aromatic rings. The second kappa shape index (κ2) is 6.11. The highest BCUT2D eigenvalue weighted by molar-refractivity contribution is 9.10. The van der Waals surface area contributed by atoms with Gasteiger partial charge in [-0.1, -0.05) is 32.5 Å². The summed E-state index contributed by atoms with van der Waals surface area (Å²) in [7, 11) is 0. The van der Waals surface area contributed by atoms with Gasteiger partial charge in [0, 0.05) is 28.5 Å². The number of rotatable bonds is 3. The quantitative estimate of drug-likeness (QED) is 0.450. The molecule has 0 fully saturated rings. The zero-order valence-electron chi connectivity index (χ0n) is 11.8. The minimum Gasteiger partial charge on any atom is -0.258 e. The third-order valence-electron chi connectivity index (χ3n) is 2.61. The predicted octanol–water partition coefficient (Wildman–Crippen LogP) is 4.60. The van der Waals surface area contributed by atoms with Gasteiger partial charge in [0.1, 0.15) is 15.5 Å². The Bertz CT molecular complexity index is 669. The van der Waals surface area contributed by atoms with Gasteiger partial charge in [-0.2, -0.15) is 0 Å². The monoisotopic (exact) mass is 367 g/mol. The number of nitro groups is 1. The first-order chi connectivity index (χ1) is 9.75. The Morgan fingerprint density at radius 2 is 1.81 bits per heavy atom. The molecule has 5 nitrogen and oxygen atoms in total. The number of nitro benzene ring substituents is 1. The molecule has 2 rings (SSSR count). The van der Waals surface area contributed by atoms with Crippen LogP contribution < -0.4 is 0 Å². The van der Waals surface area contributed by atoms with E-state index < -0.39 is 4.92 Å². The SMILES string of the molecule is CC(C)(C)c1nc(Br)cc(Sc2ccc([N+](=O)[O-])cc2)n1. The summed E-state index contributed by atoms with van der Waals surface area (Å²) in [5.41, 5.74) is -0.0622. The molecule has 0 saturated heterocycles. The van der Waals surface area contributed by atoms with Crippen LogP contribution in [-0.2, 0) is 5.41 Å². The van der Waals surface area contributed by atoms with E-state index in [9.17, 15) is 10.1 Å². The standard InChI is InChI=1S/C14H14BrN3O2S/c1-14(2,3)13-16-11(15)8-12(17-13)21-10-6-4-9(5-7-10)18(19)20/h4-8H,1-3H3. The van der Waals surface area contributed by atoms with Crippen molar-refractivity contribution in [2.24, 2.45) is 0 Å². The molecule has 0 N–H and O–H groups in total. The van der Waals surface area contributed by atoms with Crippen LogP contribution in [0.4, 0.5) is 5.69 Å². The van der Waals surface area contributed by atoms with E-state index in [1.165, 1.54) is 23.9 Å². The van der Waals surface area contributed by atoms with Crippen molar-refractivity contribution < 1.29 is 4.92 Å². The number of nitrogens with zero attached hydrogens (tertiary/aromatic N) is 3. The lowest BCUT2D eigenvalue weighted by Crippen LogP contribution is -2.16. The van der Waals surface area contributed by atoms with Crippen molar-refractivity contribution >= 4 is 33.4 Å². The molecule has 21 heavy (non-hydrogen) atoms. The number of benzene rings is 1. The topological polar surface area (TPSA) is 68.9 Å². The molecule has 1 aromatic carbocycles. The van der Waals surface area contributed by atoms with Crippen molar-refractivity contribution in [3.05, 3.63) is 50.9 Å². The zero-order chi connectivity index (χ0) is 15.6. The molecule has 0 bridgehead atoms. The fourth-order valence-corrected chi connectivity index (χ4v) is 2.89. The molecule has 0 unspecified atom stereocenters. The first-order valence-corrected chi connectivity index (χ1v) is 7.84. The highest BCUT2D eigenvalue weighted by Crippen LogP contribution is 2.30. The maximum absolute atomic E-state index is 10.6. The second-order valence-electron chi connectivity index (χ2n) is 5.46. The molecular weight excluding hydrogens is 354 g/mol. The van der Waals surface area contributed by atoms with Crippen LogP contribution in [0.15, 0.2) is 44.9 Å². The Morgan fingerprint density at radius 3 is 2.33 bits per heavy atom. The first-order valence-electron chi connectivity index (χ1n) is 6.23. The van der Waals surface area contributed by atoms with E-state index in [-0.39, 0.29) is 11.1 Å². The Hall–Kier alpha value is -1.47. The Morgan fingerprint density at radius 1 is 1.19 bits per heavy atom. The largest absolute Gasteiger partial charge is 0.269 e. The van der Waals surface area contributed by atoms with E-state index in [1.807, 2.05) is 6.07 Å². The van der Waals surface area contributed by atoms with Crippen molar-refractivity contribution in [1.29, 1.82) is 0 Å². The smallest absolute Gasteiger partial charge is 0.258 e. The Kier molecular flexibility index (Phi) is 4.63. The molecule has 0 spiro atoms. The van der Waals surface area contributed by atoms with Crippen LogP contribution in [0.3, 0.4) is 0 Å². The number of halogens is 1. The van der Waals surface area contributed by atoms with Crippen molar-refractivity contribution in [2.75, 3.05) is 0 Å². The van der Waals surface area contributed by atoms with E-state index in [0.717, 1.165) is 20.3 Å². The molecule has 0 atom stereocenters. The van der Waals surface area contributed by atoms with Crippen molar-refractivity contribution in [2.45, 2.75) is 36.1 Å². The van der Waals surface area contributed by atoms with E-state index in [1.54, 1.807) is 12.1 Å². The average molecular weight is 368 g/mol. The summed E-state index contributed by atoms with van der Waals surface area (Å²) in [4.78, 5) is 20.1. The number of hydrogen-bond donors (Lipinski definition) is 0. The Balaban J connectivity index is 2.27. The van der Waals surface area contributed by atoms with Crippen LogP contribution in [0.2, 0.25) is 0 Å². The average Bonchev–Trinajstić information content (AvgIpc) is 2.37. The van der Waals surface area contributed by atoms with Crippen LogP contribution in [0.1, 0.15) is 26.6 Å². The number of aromatic nitrogens is 2. The molecule has 0 amide bonds. The molecule has 7 heteroatoms. The van der Waals surface area contributed by atoms with Gasteiger partial charge in [-0.15, -0.1) is 0 Å². The summed E-state index contributed by atoms with van der Waals surface area (Å²) < 4.78 is 0.729. The van der Waals surface area contributed by atoms with Gasteiger partial charge in [0.2, 0.25) is 0 Å². The van der Waals surface area contributed by atoms with Crippen LogP contribution in [-0.4, -0.2) is 14.9 Å². The van der Waals surface area contributed by atoms with Gasteiger partial charge in [-0.3, -0.25) is 10.1 Å². The molecular formula is C14H14BrN3O2S. The molecule has 0 aliphatic carbocycles. The van der Waals surface area contributed by atoms with Gasteiger partial charge in [0.05, 0.1) is 4.92 Å². The number of hydrogen-bond acceptors (Lipinski definition) is 5. The summed E-state index contributed by atoms with van der Waals surface area (Å²) in [6.07, 6.45) is 0. The number of non-ortho nitro benzene ring substituents is 1. The minimum atomic E-state index is -0.409. The van der Waals surface area contributed by atoms with Gasteiger partial charge in [0.15, 0.2) is 0 Å².